The van der Waals surface area contributed by atoms with Crippen LogP contribution in [-0.2, 0) is 9.53 Å². The molecular formula is C11H21N3O4. The molecule has 0 aromatic rings. The van der Waals surface area contributed by atoms with Crippen molar-refractivity contribution in [2.75, 3.05) is 33.4 Å². The zero-order valence-corrected chi connectivity index (χ0v) is 10.6. The number of carbonyl (C=O) groups is 1. The van der Waals surface area contributed by atoms with Crippen LogP contribution in [-0.4, -0.2) is 60.4 Å². The first kappa shape index (κ1) is 14.7. The Kier molecular flexibility index (Phi) is 5.36. The van der Waals surface area contributed by atoms with Gasteiger partial charge in [-0.2, -0.15) is 0 Å². The molecule has 0 bridgehead atoms. The normalized spacial score (nSPS) is 18.2. The molecule has 1 amide bonds. The van der Waals surface area contributed by atoms with Gasteiger partial charge in [-0.1, -0.05) is 11.6 Å². The summed E-state index contributed by atoms with van der Waals surface area (Å²) in [4.78, 5) is 13.9. The molecule has 1 fully saturated rings. The van der Waals surface area contributed by atoms with Gasteiger partial charge in [0.25, 0.3) is 0 Å². The number of methoxy groups -OCH3 is 1. The van der Waals surface area contributed by atoms with Crippen molar-refractivity contribution in [3.8, 4) is 0 Å². The highest BCUT2D eigenvalue weighted by Crippen LogP contribution is 2.42. The minimum atomic E-state index is -0.891. The number of ether oxygens (including phenoxy) is 1. The Labute approximate surface area is 106 Å². The maximum atomic E-state index is 12.4. The summed E-state index contributed by atoms with van der Waals surface area (Å²) in [5.41, 5.74) is 4.74. The summed E-state index contributed by atoms with van der Waals surface area (Å²) in [5.74, 6) is -0.241. The monoisotopic (exact) mass is 259 g/mol. The molecule has 7 nitrogen and oxygen atoms in total. The van der Waals surface area contributed by atoms with Gasteiger partial charge in [-0.25, -0.2) is 0 Å². The average molecular weight is 259 g/mol. The van der Waals surface area contributed by atoms with Crippen LogP contribution in [0.1, 0.15) is 19.3 Å². The number of hydrogen-bond acceptors (Lipinski definition) is 5. The van der Waals surface area contributed by atoms with Gasteiger partial charge in [0, 0.05) is 20.2 Å². The van der Waals surface area contributed by atoms with E-state index in [9.17, 15) is 4.79 Å². The van der Waals surface area contributed by atoms with Crippen molar-refractivity contribution in [3.63, 3.8) is 0 Å². The Balaban J connectivity index is 2.79. The fourth-order valence-electron chi connectivity index (χ4n) is 2.15. The summed E-state index contributed by atoms with van der Waals surface area (Å²) in [6.07, 6.45) is 2.03. The lowest BCUT2D eigenvalue weighted by Gasteiger charge is -2.42. The van der Waals surface area contributed by atoms with Gasteiger partial charge in [0.05, 0.1) is 13.2 Å². The Bertz CT molecular complexity index is 315. The van der Waals surface area contributed by atoms with Crippen LogP contribution in [0.2, 0.25) is 0 Å². The fourth-order valence-corrected chi connectivity index (χ4v) is 2.15. The fraction of sp³-hybridized carbons (Fsp3) is 0.818. The average Bonchev–Trinajstić information content (AvgIpc) is 2.32. The second-order valence-electron chi connectivity index (χ2n) is 4.43. The lowest BCUT2D eigenvalue weighted by molar-refractivity contribution is -0.143. The molecule has 1 rings (SSSR count). The largest absolute Gasteiger partial charge is 0.409 e. The van der Waals surface area contributed by atoms with Crippen LogP contribution < -0.4 is 5.73 Å². The predicted octanol–water partition coefficient (Wildman–Crippen LogP) is -0.630. The molecule has 0 aromatic carbocycles. The van der Waals surface area contributed by atoms with Gasteiger partial charge >= 0.3 is 0 Å². The summed E-state index contributed by atoms with van der Waals surface area (Å²) >= 11 is 0. The third-order valence-electron chi connectivity index (χ3n) is 3.44. The standard InChI is InChI=1S/C11H21N3O4/c1-18-8-6-14(5-7-15)10(16)11(3-2-4-11)9(12)13-17/h15,17H,2-8H2,1H3,(H2,12,13). The van der Waals surface area contributed by atoms with Crippen LogP contribution >= 0.6 is 0 Å². The van der Waals surface area contributed by atoms with Crippen molar-refractivity contribution < 1.29 is 19.8 Å². The lowest BCUT2D eigenvalue weighted by Crippen LogP contribution is -2.56. The van der Waals surface area contributed by atoms with Crippen molar-refractivity contribution in [2.24, 2.45) is 16.3 Å². The number of amidine groups is 1. The molecule has 0 heterocycles. The third kappa shape index (κ3) is 2.73. The molecule has 0 unspecified atom stereocenters. The summed E-state index contributed by atoms with van der Waals surface area (Å²) in [5, 5.41) is 20.8. The van der Waals surface area contributed by atoms with E-state index in [2.05, 4.69) is 5.16 Å². The van der Waals surface area contributed by atoms with Gasteiger partial charge in [0.15, 0.2) is 5.84 Å². The van der Waals surface area contributed by atoms with E-state index in [1.165, 1.54) is 4.90 Å². The molecule has 7 heteroatoms. The van der Waals surface area contributed by atoms with Crippen LogP contribution in [0.15, 0.2) is 5.16 Å². The van der Waals surface area contributed by atoms with Crippen LogP contribution in [0.3, 0.4) is 0 Å². The second kappa shape index (κ2) is 6.55. The number of rotatable bonds is 7. The van der Waals surface area contributed by atoms with E-state index < -0.39 is 5.41 Å². The molecule has 0 atom stereocenters. The van der Waals surface area contributed by atoms with Crippen molar-refractivity contribution in [1.82, 2.24) is 4.90 Å². The summed E-state index contributed by atoms with van der Waals surface area (Å²) in [7, 11) is 1.55. The number of aliphatic hydroxyl groups is 1. The number of aliphatic hydroxyl groups excluding tert-OH is 1. The van der Waals surface area contributed by atoms with Crippen molar-refractivity contribution in [1.29, 1.82) is 0 Å². The van der Waals surface area contributed by atoms with E-state index in [-0.39, 0.29) is 24.9 Å². The highest BCUT2D eigenvalue weighted by Gasteiger charge is 2.50. The highest BCUT2D eigenvalue weighted by atomic mass is 16.5. The number of hydrogen-bond donors (Lipinski definition) is 3. The quantitative estimate of drug-likeness (QED) is 0.244. The van der Waals surface area contributed by atoms with Gasteiger partial charge in [-0.15, -0.1) is 0 Å². The van der Waals surface area contributed by atoms with E-state index in [1.807, 2.05) is 0 Å². The molecule has 4 N–H and O–H groups in total. The van der Waals surface area contributed by atoms with Gasteiger partial charge in [-0.3, -0.25) is 4.79 Å². The Morgan fingerprint density at radius 2 is 2.17 bits per heavy atom. The number of amides is 1. The molecule has 104 valence electrons. The maximum Gasteiger partial charge on any atom is 0.236 e. The molecule has 0 spiro atoms. The van der Waals surface area contributed by atoms with Gasteiger partial charge in [0.1, 0.15) is 5.41 Å². The van der Waals surface area contributed by atoms with E-state index in [1.54, 1.807) is 7.11 Å². The van der Waals surface area contributed by atoms with E-state index in [4.69, 9.17) is 20.8 Å². The smallest absolute Gasteiger partial charge is 0.236 e. The van der Waals surface area contributed by atoms with Gasteiger partial charge in [-0.05, 0) is 12.8 Å². The molecule has 0 aromatic heterocycles. The number of oxime groups is 1. The lowest BCUT2D eigenvalue weighted by atomic mass is 9.67. The minimum absolute atomic E-state index is 0.0425. The zero-order chi connectivity index (χ0) is 13.6. The minimum Gasteiger partial charge on any atom is -0.409 e. The summed E-state index contributed by atoms with van der Waals surface area (Å²) in [6, 6.07) is 0. The first-order valence-electron chi connectivity index (χ1n) is 5.99. The topological polar surface area (TPSA) is 108 Å². The van der Waals surface area contributed by atoms with E-state index >= 15 is 0 Å². The molecule has 0 saturated heterocycles. The summed E-state index contributed by atoms with van der Waals surface area (Å²) in [6.45, 7) is 0.874. The molecule has 0 aliphatic heterocycles. The van der Waals surface area contributed by atoms with Crippen molar-refractivity contribution >= 4 is 11.7 Å². The van der Waals surface area contributed by atoms with Crippen molar-refractivity contribution in [2.45, 2.75) is 19.3 Å². The number of carbonyl (C=O) groups excluding carboxylic acids is 1. The SMILES string of the molecule is COCCN(CCO)C(=O)C1(C(N)=NO)CCC1. The van der Waals surface area contributed by atoms with E-state index in [0.29, 0.717) is 26.0 Å². The summed E-state index contributed by atoms with van der Waals surface area (Å²) < 4.78 is 4.93. The zero-order valence-electron chi connectivity index (χ0n) is 10.6. The van der Waals surface area contributed by atoms with Crippen LogP contribution in [0, 0.1) is 5.41 Å². The molecule has 1 saturated carbocycles. The van der Waals surface area contributed by atoms with Crippen molar-refractivity contribution in [3.05, 3.63) is 0 Å². The first-order chi connectivity index (χ1) is 8.62. The van der Waals surface area contributed by atoms with Crippen LogP contribution in [0.4, 0.5) is 0 Å². The first-order valence-corrected chi connectivity index (χ1v) is 5.99. The maximum absolute atomic E-state index is 12.4. The molecule has 1 aliphatic rings. The Hall–Kier alpha value is -1.34. The van der Waals surface area contributed by atoms with Gasteiger partial charge < -0.3 is 25.7 Å². The van der Waals surface area contributed by atoms with Gasteiger partial charge in [0.2, 0.25) is 5.91 Å². The van der Waals surface area contributed by atoms with Crippen LogP contribution in [0.5, 0.6) is 0 Å². The third-order valence-corrected chi connectivity index (χ3v) is 3.44. The molecule has 0 radical (unpaired) electrons. The Morgan fingerprint density at radius 3 is 2.56 bits per heavy atom. The highest BCUT2D eigenvalue weighted by molar-refractivity contribution is 6.07. The van der Waals surface area contributed by atoms with Crippen LogP contribution in [0.25, 0.3) is 0 Å². The van der Waals surface area contributed by atoms with E-state index in [0.717, 1.165) is 6.42 Å². The number of nitrogens with zero attached hydrogens (tertiary/aromatic N) is 2. The molecule has 1 aliphatic carbocycles. The second-order valence-corrected chi connectivity index (χ2v) is 4.43. The predicted molar refractivity (Wildman–Crippen MR) is 65.2 cm³/mol. The Morgan fingerprint density at radius 1 is 1.50 bits per heavy atom. The number of nitrogens with two attached hydrogens (primary N) is 1. The molecular weight excluding hydrogens is 238 g/mol. The molecule has 18 heavy (non-hydrogen) atoms.